The van der Waals surface area contributed by atoms with Crippen LogP contribution in [0.4, 0.5) is 0 Å². The zero-order chi connectivity index (χ0) is 10.4. The molecule has 0 aromatic heterocycles. The topological polar surface area (TPSA) is 32.3 Å². The maximum atomic E-state index is 10.2. The summed E-state index contributed by atoms with van der Waals surface area (Å²) in [7, 11) is 1.89. The van der Waals surface area contributed by atoms with E-state index in [0.29, 0.717) is 0 Å². The first-order chi connectivity index (χ1) is 7.33. The van der Waals surface area contributed by atoms with Crippen molar-refractivity contribution in [2.45, 2.75) is 12.1 Å². The summed E-state index contributed by atoms with van der Waals surface area (Å²) in [5.41, 5.74) is 2.25. The molecule has 0 aliphatic heterocycles. The molecule has 0 saturated carbocycles. The molecule has 2 aromatic carbocycles. The molecule has 0 saturated heterocycles. The Morgan fingerprint density at radius 1 is 1.07 bits per heavy atom. The molecule has 15 heavy (non-hydrogen) atoms. The van der Waals surface area contributed by atoms with Crippen molar-refractivity contribution in [2.24, 2.45) is 0 Å². The predicted molar refractivity (Wildman–Crippen MR) is 60.7 cm³/mol. The number of hydrogen-bond donors (Lipinski definition) is 2. The van der Waals surface area contributed by atoms with Crippen LogP contribution >= 0.6 is 0 Å². The van der Waals surface area contributed by atoms with Crippen molar-refractivity contribution in [3.05, 3.63) is 47.5 Å². The van der Waals surface area contributed by atoms with Gasteiger partial charge in [-0.3, -0.25) is 0 Å². The zero-order valence-corrected chi connectivity index (χ0v) is 8.57. The second kappa shape index (κ2) is 3.05. The van der Waals surface area contributed by atoms with Gasteiger partial charge in [-0.05, 0) is 28.9 Å². The standard InChI is InChI=1S/C13H13NO/c1-14-12-9-6-2-4-8-5-3-7-10(11(8)9)13(12)15/h2-7,12-15H,1H3/t12-,13-/m0/s1. The van der Waals surface area contributed by atoms with Gasteiger partial charge in [0, 0.05) is 0 Å². The van der Waals surface area contributed by atoms with Gasteiger partial charge in [0.05, 0.1) is 12.1 Å². The van der Waals surface area contributed by atoms with Gasteiger partial charge in [0.2, 0.25) is 0 Å². The number of aliphatic hydroxyl groups is 1. The first-order valence-corrected chi connectivity index (χ1v) is 5.20. The largest absolute Gasteiger partial charge is 0.386 e. The molecule has 0 radical (unpaired) electrons. The van der Waals surface area contributed by atoms with Gasteiger partial charge in [-0.15, -0.1) is 0 Å². The first kappa shape index (κ1) is 8.89. The molecular formula is C13H13NO. The van der Waals surface area contributed by atoms with Gasteiger partial charge >= 0.3 is 0 Å². The molecule has 0 spiro atoms. The Bertz CT molecular complexity index is 516. The summed E-state index contributed by atoms with van der Waals surface area (Å²) in [5.74, 6) is 0. The minimum atomic E-state index is -0.420. The molecule has 1 aliphatic rings. The van der Waals surface area contributed by atoms with Crippen LogP contribution in [0.1, 0.15) is 23.3 Å². The van der Waals surface area contributed by atoms with Gasteiger partial charge in [-0.25, -0.2) is 0 Å². The summed E-state index contributed by atoms with van der Waals surface area (Å²) in [6.07, 6.45) is -0.420. The minimum Gasteiger partial charge on any atom is -0.386 e. The third-order valence-corrected chi connectivity index (χ3v) is 3.25. The van der Waals surface area contributed by atoms with E-state index in [1.54, 1.807) is 0 Å². The average Bonchev–Trinajstić information content (AvgIpc) is 2.55. The predicted octanol–water partition coefficient (Wildman–Crippen LogP) is 2.15. The Labute approximate surface area is 88.5 Å². The zero-order valence-electron chi connectivity index (χ0n) is 8.57. The molecule has 2 aromatic rings. The molecule has 0 fully saturated rings. The smallest absolute Gasteiger partial charge is 0.0990 e. The Morgan fingerprint density at radius 3 is 2.40 bits per heavy atom. The molecule has 0 heterocycles. The van der Waals surface area contributed by atoms with Gasteiger partial charge in [-0.1, -0.05) is 36.4 Å². The van der Waals surface area contributed by atoms with Crippen LogP contribution < -0.4 is 5.32 Å². The van der Waals surface area contributed by atoms with Crippen molar-refractivity contribution < 1.29 is 5.11 Å². The van der Waals surface area contributed by atoms with E-state index in [2.05, 4.69) is 23.5 Å². The summed E-state index contributed by atoms with van der Waals surface area (Å²) in [4.78, 5) is 0. The number of nitrogens with one attached hydrogen (secondary N) is 1. The van der Waals surface area contributed by atoms with E-state index >= 15 is 0 Å². The maximum absolute atomic E-state index is 10.2. The lowest BCUT2D eigenvalue weighted by molar-refractivity contribution is 0.141. The Morgan fingerprint density at radius 2 is 1.73 bits per heavy atom. The monoisotopic (exact) mass is 199 g/mol. The number of rotatable bonds is 1. The number of aliphatic hydroxyl groups excluding tert-OH is 1. The van der Waals surface area contributed by atoms with Crippen LogP contribution in [-0.4, -0.2) is 12.2 Å². The third kappa shape index (κ3) is 1.06. The molecule has 2 atom stereocenters. The van der Waals surface area contributed by atoms with Crippen molar-refractivity contribution in [3.8, 4) is 0 Å². The van der Waals surface area contributed by atoms with Gasteiger partial charge in [0.15, 0.2) is 0 Å². The Kier molecular flexibility index (Phi) is 1.81. The van der Waals surface area contributed by atoms with E-state index < -0.39 is 6.10 Å². The molecule has 0 amide bonds. The summed E-state index contributed by atoms with van der Waals surface area (Å²) in [6, 6.07) is 12.4. The highest BCUT2D eigenvalue weighted by Crippen LogP contribution is 2.43. The van der Waals surface area contributed by atoms with E-state index in [9.17, 15) is 5.11 Å². The molecule has 2 N–H and O–H groups in total. The number of benzene rings is 2. The van der Waals surface area contributed by atoms with Crippen LogP contribution in [0.3, 0.4) is 0 Å². The molecule has 1 aliphatic carbocycles. The molecule has 2 heteroatoms. The first-order valence-electron chi connectivity index (χ1n) is 5.20. The minimum absolute atomic E-state index is 0.0334. The van der Waals surface area contributed by atoms with Crippen LogP contribution in [0, 0.1) is 0 Å². The Balaban J connectivity index is 2.40. The fraction of sp³-hybridized carbons (Fsp3) is 0.231. The summed E-state index contributed by atoms with van der Waals surface area (Å²) in [5, 5.41) is 15.8. The van der Waals surface area contributed by atoms with Gasteiger partial charge in [0.25, 0.3) is 0 Å². The van der Waals surface area contributed by atoms with Gasteiger partial charge in [-0.2, -0.15) is 0 Å². The highest BCUT2D eigenvalue weighted by molar-refractivity contribution is 5.91. The molecule has 3 rings (SSSR count). The lowest BCUT2D eigenvalue weighted by atomic mass is 10.0. The van der Waals surface area contributed by atoms with Crippen molar-refractivity contribution in [3.63, 3.8) is 0 Å². The quantitative estimate of drug-likeness (QED) is 0.737. The van der Waals surface area contributed by atoms with Crippen LogP contribution in [0.25, 0.3) is 10.8 Å². The van der Waals surface area contributed by atoms with Crippen molar-refractivity contribution >= 4 is 10.8 Å². The van der Waals surface area contributed by atoms with Crippen LogP contribution in [0.5, 0.6) is 0 Å². The van der Waals surface area contributed by atoms with Gasteiger partial charge in [0.1, 0.15) is 0 Å². The fourth-order valence-corrected chi connectivity index (χ4v) is 2.57. The van der Waals surface area contributed by atoms with E-state index in [1.807, 2.05) is 25.2 Å². The van der Waals surface area contributed by atoms with E-state index in [-0.39, 0.29) is 6.04 Å². The van der Waals surface area contributed by atoms with E-state index in [1.165, 1.54) is 16.3 Å². The van der Waals surface area contributed by atoms with Crippen LogP contribution in [0.2, 0.25) is 0 Å². The highest BCUT2D eigenvalue weighted by Gasteiger charge is 2.31. The second-order valence-electron chi connectivity index (χ2n) is 4.00. The second-order valence-corrected chi connectivity index (χ2v) is 4.00. The molecule has 76 valence electrons. The summed E-state index contributed by atoms with van der Waals surface area (Å²) < 4.78 is 0. The highest BCUT2D eigenvalue weighted by atomic mass is 16.3. The molecule has 2 nitrogen and oxygen atoms in total. The van der Waals surface area contributed by atoms with Crippen molar-refractivity contribution in [2.75, 3.05) is 7.05 Å². The maximum Gasteiger partial charge on any atom is 0.0990 e. The van der Waals surface area contributed by atoms with E-state index in [4.69, 9.17) is 0 Å². The Hall–Kier alpha value is -1.38. The van der Waals surface area contributed by atoms with Gasteiger partial charge < -0.3 is 10.4 Å². The summed E-state index contributed by atoms with van der Waals surface area (Å²) in [6.45, 7) is 0. The number of hydrogen-bond acceptors (Lipinski definition) is 2. The van der Waals surface area contributed by atoms with Crippen molar-refractivity contribution in [1.29, 1.82) is 0 Å². The molecule has 0 unspecified atom stereocenters. The lowest BCUT2D eigenvalue weighted by Crippen LogP contribution is -2.19. The third-order valence-electron chi connectivity index (χ3n) is 3.25. The van der Waals surface area contributed by atoms with Crippen molar-refractivity contribution in [1.82, 2.24) is 5.32 Å². The lowest BCUT2D eigenvalue weighted by Gasteiger charge is -2.15. The number of likely N-dealkylation sites (N-methyl/N-ethyl adjacent to an activating group) is 1. The van der Waals surface area contributed by atoms with E-state index in [0.717, 1.165) is 5.56 Å². The molecule has 0 bridgehead atoms. The SMILES string of the molecule is CN[C@H]1c2cccc3cccc(c23)[C@@H]1O. The average molecular weight is 199 g/mol. The normalized spacial score (nSPS) is 23.6. The fourth-order valence-electron chi connectivity index (χ4n) is 2.57. The summed E-state index contributed by atoms with van der Waals surface area (Å²) >= 11 is 0. The van der Waals surface area contributed by atoms with Crippen LogP contribution in [-0.2, 0) is 0 Å². The van der Waals surface area contributed by atoms with Crippen LogP contribution in [0.15, 0.2) is 36.4 Å². The molecular weight excluding hydrogens is 186 g/mol.